The summed E-state index contributed by atoms with van der Waals surface area (Å²) in [6.45, 7) is 0. The van der Waals surface area contributed by atoms with Gasteiger partial charge >= 0.3 is 5.97 Å². The standard InChI is InChI=1S/C15H24O3/c1-17-14(16)11-12-9-7-5-3-2-4-6-8-10-13-15(12)18-13/h11,13,15H,2-10H2,1H3. The predicted molar refractivity (Wildman–Crippen MR) is 70.3 cm³/mol. The first-order valence-corrected chi connectivity index (χ1v) is 7.25. The first-order chi connectivity index (χ1) is 8.81. The number of carbonyl (C=O) groups excluding carboxylic acids is 1. The van der Waals surface area contributed by atoms with Crippen LogP contribution in [0.15, 0.2) is 11.6 Å². The lowest BCUT2D eigenvalue weighted by Crippen LogP contribution is -2.05. The summed E-state index contributed by atoms with van der Waals surface area (Å²) in [7, 11) is 1.43. The molecule has 0 aromatic rings. The van der Waals surface area contributed by atoms with Crippen molar-refractivity contribution in [1.29, 1.82) is 0 Å². The summed E-state index contributed by atoms with van der Waals surface area (Å²) < 4.78 is 10.4. The van der Waals surface area contributed by atoms with Gasteiger partial charge < -0.3 is 9.47 Å². The number of hydrogen-bond acceptors (Lipinski definition) is 3. The highest BCUT2D eigenvalue weighted by Crippen LogP contribution is 2.36. The molecule has 2 atom stereocenters. The number of epoxide rings is 1. The Balaban J connectivity index is 1.93. The number of hydrogen-bond donors (Lipinski definition) is 0. The highest BCUT2D eigenvalue weighted by atomic mass is 16.6. The molecule has 18 heavy (non-hydrogen) atoms. The van der Waals surface area contributed by atoms with Crippen LogP contribution in [0, 0.1) is 0 Å². The van der Waals surface area contributed by atoms with Crippen LogP contribution in [-0.2, 0) is 14.3 Å². The van der Waals surface area contributed by atoms with Crippen LogP contribution in [-0.4, -0.2) is 25.3 Å². The molecule has 2 unspecified atom stereocenters. The monoisotopic (exact) mass is 252 g/mol. The van der Waals surface area contributed by atoms with Crippen LogP contribution < -0.4 is 0 Å². The van der Waals surface area contributed by atoms with Crippen molar-refractivity contribution < 1.29 is 14.3 Å². The van der Waals surface area contributed by atoms with Crippen LogP contribution >= 0.6 is 0 Å². The minimum Gasteiger partial charge on any atom is -0.466 e. The summed E-state index contributed by atoms with van der Waals surface area (Å²) in [6.07, 6.45) is 13.4. The van der Waals surface area contributed by atoms with Gasteiger partial charge in [0.25, 0.3) is 0 Å². The Morgan fingerprint density at radius 1 is 1.17 bits per heavy atom. The van der Waals surface area contributed by atoms with Gasteiger partial charge in [0.2, 0.25) is 0 Å². The van der Waals surface area contributed by atoms with E-state index in [1.807, 2.05) is 0 Å². The van der Waals surface area contributed by atoms with E-state index in [9.17, 15) is 4.79 Å². The van der Waals surface area contributed by atoms with E-state index in [4.69, 9.17) is 9.47 Å². The molecule has 1 saturated heterocycles. The smallest absolute Gasteiger partial charge is 0.330 e. The summed E-state index contributed by atoms with van der Waals surface area (Å²) in [4.78, 5) is 11.4. The van der Waals surface area contributed by atoms with Crippen LogP contribution in [0.5, 0.6) is 0 Å². The second-order valence-corrected chi connectivity index (χ2v) is 5.35. The van der Waals surface area contributed by atoms with E-state index >= 15 is 0 Å². The first kappa shape index (κ1) is 13.6. The maximum atomic E-state index is 11.4. The Bertz CT molecular complexity index is 309. The van der Waals surface area contributed by atoms with Gasteiger partial charge in [-0.15, -0.1) is 0 Å². The Kier molecular flexibility index (Phi) is 5.24. The molecule has 0 amide bonds. The van der Waals surface area contributed by atoms with Crippen molar-refractivity contribution in [3.05, 3.63) is 11.6 Å². The van der Waals surface area contributed by atoms with Gasteiger partial charge in [-0.25, -0.2) is 4.79 Å². The number of carbonyl (C=O) groups is 1. The normalized spacial score (nSPS) is 31.9. The topological polar surface area (TPSA) is 38.8 Å². The molecule has 2 aliphatic rings. The molecular weight excluding hydrogens is 228 g/mol. The van der Waals surface area contributed by atoms with Crippen LogP contribution in [0.3, 0.4) is 0 Å². The van der Waals surface area contributed by atoms with Gasteiger partial charge in [-0.1, -0.05) is 38.5 Å². The third-order valence-corrected chi connectivity index (χ3v) is 3.91. The van der Waals surface area contributed by atoms with Crippen LogP contribution in [0.1, 0.15) is 57.8 Å². The maximum absolute atomic E-state index is 11.4. The highest BCUT2D eigenvalue weighted by molar-refractivity contribution is 5.83. The minimum absolute atomic E-state index is 0.198. The van der Waals surface area contributed by atoms with Gasteiger partial charge in [-0.05, 0) is 24.8 Å². The van der Waals surface area contributed by atoms with E-state index in [2.05, 4.69) is 0 Å². The van der Waals surface area contributed by atoms with Crippen molar-refractivity contribution in [2.45, 2.75) is 70.0 Å². The van der Waals surface area contributed by atoms with Gasteiger partial charge in [-0.2, -0.15) is 0 Å². The van der Waals surface area contributed by atoms with Crippen molar-refractivity contribution >= 4 is 5.97 Å². The van der Waals surface area contributed by atoms with Gasteiger partial charge in [0.1, 0.15) is 6.10 Å². The van der Waals surface area contributed by atoms with Gasteiger partial charge in [0.15, 0.2) is 0 Å². The quantitative estimate of drug-likeness (QED) is 0.408. The number of methoxy groups -OCH3 is 1. The zero-order valence-corrected chi connectivity index (χ0v) is 11.3. The van der Waals surface area contributed by atoms with Crippen LogP contribution in [0.2, 0.25) is 0 Å². The van der Waals surface area contributed by atoms with Gasteiger partial charge in [-0.3, -0.25) is 0 Å². The lowest BCUT2D eigenvalue weighted by molar-refractivity contribution is -0.134. The third kappa shape index (κ3) is 4.13. The summed E-state index contributed by atoms with van der Waals surface area (Å²) in [5, 5.41) is 0. The molecule has 0 aromatic carbocycles. The Hall–Kier alpha value is -0.830. The fourth-order valence-corrected chi connectivity index (χ4v) is 2.75. The molecule has 0 spiro atoms. The second kappa shape index (κ2) is 6.93. The van der Waals surface area contributed by atoms with E-state index in [-0.39, 0.29) is 12.1 Å². The molecule has 0 N–H and O–H groups in total. The van der Waals surface area contributed by atoms with Crippen LogP contribution in [0.25, 0.3) is 0 Å². The summed E-state index contributed by atoms with van der Waals surface area (Å²) in [6, 6.07) is 0. The molecular formula is C15H24O3. The zero-order valence-electron chi connectivity index (χ0n) is 11.3. The molecule has 2 fully saturated rings. The van der Waals surface area contributed by atoms with Crippen LogP contribution in [0.4, 0.5) is 0 Å². The van der Waals surface area contributed by atoms with Crippen molar-refractivity contribution in [3.8, 4) is 0 Å². The third-order valence-electron chi connectivity index (χ3n) is 3.91. The Morgan fingerprint density at radius 3 is 2.56 bits per heavy atom. The first-order valence-electron chi connectivity index (χ1n) is 7.25. The van der Waals surface area contributed by atoms with Crippen molar-refractivity contribution in [2.24, 2.45) is 0 Å². The molecule has 0 bridgehead atoms. The molecule has 2 rings (SSSR count). The summed E-state index contributed by atoms with van der Waals surface area (Å²) in [5.41, 5.74) is 1.15. The number of fused-ring (bicyclic) bond motifs is 1. The Morgan fingerprint density at radius 2 is 1.83 bits per heavy atom. The van der Waals surface area contributed by atoms with Crippen molar-refractivity contribution in [2.75, 3.05) is 7.11 Å². The lowest BCUT2D eigenvalue weighted by atomic mass is 9.97. The Labute approximate surface area is 110 Å². The zero-order chi connectivity index (χ0) is 12.8. The second-order valence-electron chi connectivity index (χ2n) is 5.35. The summed E-state index contributed by atoms with van der Waals surface area (Å²) >= 11 is 0. The average molecular weight is 252 g/mol. The molecule has 1 saturated carbocycles. The van der Waals surface area contributed by atoms with E-state index in [0.29, 0.717) is 6.10 Å². The maximum Gasteiger partial charge on any atom is 0.330 e. The van der Waals surface area contributed by atoms with E-state index < -0.39 is 0 Å². The number of esters is 1. The molecule has 3 heteroatoms. The number of ether oxygens (including phenoxy) is 2. The number of rotatable bonds is 1. The molecule has 0 radical (unpaired) electrons. The van der Waals surface area contributed by atoms with E-state index in [0.717, 1.165) is 24.8 Å². The largest absolute Gasteiger partial charge is 0.466 e. The predicted octanol–water partition coefficient (Wildman–Crippen LogP) is 3.38. The minimum atomic E-state index is -0.244. The molecule has 3 nitrogen and oxygen atoms in total. The fourth-order valence-electron chi connectivity index (χ4n) is 2.75. The molecule has 0 aromatic heterocycles. The lowest BCUT2D eigenvalue weighted by Gasteiger charge is -2.07. The summed E-state index contributed by atoms with van der Waals surface area (Å²) in [5.74, 6) is -0.244. The van der Waals surface area contributed by atoms with Crippen molar-refractivity contribution in [3.63, 3.8) is 0 Å². The molecule has 1 aliphatic carbocycles. The molecule has 102 valence electrons. The van der Waals surface area contributed by atoms with Gasteiger partial charge in [0.05, 0.1) is 13.2 Å². The SMILES string of the molecule is COC(=O)C=C1CCCCCCCCCC2OC12. The van der Waals surface area contributed by atoms with E-state index in [1.165, 1.54) is 45.6 Å². The van der Waals surface area contributed by atoms with Gasteiger partial charge in [0, 0.05) is 6.08 Å². The molecule has 1 aliphatic heterocycles. The average Bonchev–Trinajstić information content (AvgIpc) is 3.12. The highest BCUT2D eigenvalue weighted by Gasteiger charge is 2.40. The van der Waals surface area contributed by atoms with Crippen molar-refractivity contribution in [1.82, 2.24) is 0 Å². The fraction of sp³-hybridized carbons (Fsp3) is 0.800. The molecule has 1 heterocycles. The van der Waals surface area contributed by atoms with E-state index in [1.54, 1.807) is 6.08 Å².